The van der Waals surface area contributed by atoms with Crippen molar-refractivity contribution in [2.24, 2.45) is 0 Å². The largest absolute Gasteiger partial charge is 0.490 e. The molecular weight excluding hydrogens is 615 g/mol. The lowest BCUT2D eigenvalue weighted by Crippen LogP contribution is -2.33. The van der Waals surface area contributed by atoms with Crippen molar-refractivity contribution in [2.45, 2.75) is 52.1 Å². The first-order valence-corrected chi connectivity index (χ1v) is 14.0. The van der Waals surface area contributed by atoms with E-state index in [-0.39, 0.29) is 24.1 Å². The van der Waals surface area contributed by atoms with Crippen LogP contribution in [0.5, 0.6) is 11.5 Å². The van der Waals surface area contributed by atoms with Gasteiger partial charge >= 0.3 is 12.1 Å². The van der Waals surface area contributed by atoms with Crippen LogP contribution < -0.4 is 25.8 Å². The highest BCUT2D eigenvalue weighted by molar-refractivity contribution is 5.94. The number of nitrogen functional groups attached to an aromatic ring is 1. The van der Waals surface area contributed by atoms with Crippen LogP contribution >= 0.6 is 0 Å². The molecule has 0 bridgehead atoms. The predicted molar refractivity (Wildman–Crippen MR) is 163 cm³/mol. The van der Waals surface area contributed by atoms with Crippen LogP contribution in [0.25, 0.3) is 10.8 Å². The van der Waals surface area contributed by atoms with E-state index in [2.05, 4.69) is 15.6 Å². The van der Waals surface area contributed by atoms with Crippen LogP contribution in [0.15, 0.2) is 72.9 Å². The highest BCUT2D eigenvalue weighted by Gasteiger charge is 2.38. The van der Waals surface area contributed by atoms with Crippen LogP contribution in [0.4, 0.5) is 33.5 Å². The number of carbonyl (C=O) groups is 2. The van der Waals surface area contributed by atoms with E-state index in [9.17, 15) is 26.7 Å². The zero-order chi connectivity index (χ0) is 34.0. The van der Waals surface area contributed by atoms with E-state index in [0.717, 1.165) is 10.8 Å². The van der Waals surface area contributed by atoms with Gasteiger partial charge in [0, 0.05) is 29.4 Å². The molecule has 0 aliphatic heterocycles. The number of nitrogens with zero attached hydrogens (tertiary/aromatic N) is 1. The summed E-state index contributed by atoms with van der Waals surface area (Å²) in [4.78, 5) is 26.6. The second-order valence-electron chi connectivity index (χ2n) is 10.1. The summed E-state index contributed by atoms with van der Waals surface area (Å²) in [5.74, 6) is -1.58. The number of aliphatic carboxylic acids is 1. The third kappa shape index (κ3) is 9.94. The summed E-state index contributed by atoms with van der Waals surface area (Å²) in [6.07, 6.45) is -6.10. The number of nitrogens with two attached hydrogens (primary N) is 1. The predicted octanol–water partition coefficient (Wildman–Crippen LogP) is 7.04. The number of nitrogens with one attached hydrogen (secondary N) is 2. The van der Waals surface area contributed by atoms with Crippen LogP contribution in [0.2, 0.25) is 0 Å². The van der Waals surface area contributed by atoms with Gasteiger partial charge in [0.05, 0.1) is 12.7 Å². The smallest absolute Gasteiger partial charge is 0.490 e. The Bertz CT molecular complexity index is 1650. The third-order valence-electron chi connectivity index (χ3n) is 6.24. The number of aromatic nitrogens is 1. The number of carbonyl (C=O) groups excluding carboxylic acids is 1. The van der Waals surface area contributed by atoms with Gasteiger partial charge in [-0.25, -0.2) is 18.6 Å². The fraction of sp³-hybridized carbons (Fsp3) is 0.281. The van der Waals surface area contributed by atoms with Crippen molar-refractivity contribution >= 4 is 34.2 Å². The minimum atomic E-state index is -5.08. The van der Waals surface area contributed by atoms with Gasteiger partial charge in [-0.1, -0.05) is 24.3 Å². The second kappa shape index (κ2) is 15.7. The van der Waals surface area contributed by atoms with Crippen LogP contribution in [-0.4, -0.2) is 40.9 Å². The summed E-state index contributed by atoms with van der Waals surface area (Å²) in [6, 6.07) is 17.9. The number of halogens is 5. The average Bonchev–Trinajstić information content (AvgIpc) is 2.99. The van der Waals surface area contributed by atoms with Crippen molar-refractivity contribution in [3.63, 3.8) is 0 Å². The van der Waals surface area contributed by atoms with Crippen LogP contribution in [0.3, 0.4) is 0 Å². The van der Waals surface area contributed by atoms with Gasteiger partial charge in [0.1, 0.15) is 11.9 Å². The Hall–Kier alpha value is -5.14. The lowest BCUT2D eigenvalue weighted by molar-refractivity contribution is -0.192. The van der Waals surface area contributed by atoms with Gasteiger partial charge in [0.2, 0.25) is 5.91 Å². The Balaban J connectivity index is 0.000000738. The van der Waals surface area contributed by atoms with E-state index in [0.29, 0.717) is 40.7 Å². The molecular formula is C32H33F5N4O5. The number of ether oxygens (including phenoxy) is 2. The van der Waals surface area contributed by atoms with E-state index in [4.69, 9.17) is 25.1 Å². The molecule has 1 amide bonds. The molecule has 1 heterocycles. The van der Waals surface area contributed by atoms with E-state index < -0.39 is 24.6 Å². The van der Waals surface area contributed by atoms with Crippen molar-refractivity contribution in [1.82, 2.24) is 10.3 Å². The average molecular weight is 649 g/mol. The minimum Gasteiger partial charge on any atom is -0.490 e. The zero-order valence-electron chi connectivity index (χ0n) is 25.1. The molecule has 3 aromatic carbocycles. The Labute approximate surface area is 261 Å². The number of fused-ring (bicyclic) bond motifs is 1. The lowest BCUT2D eigenvalue weighted by Gasteiger charge is -2.22. The maximum Gasteiger partial charge on any atom is 0.490 e. The quantitative estimate of drug-likeness (QED) is 0.127. The highest BCUT2D eigenvalue weighted by atomic mass is 19.4. The summed E-state index contributed by atoms with van der Waals surface area (Å²) in [6.45, 7) is 6.23. The molecule has 0 saturated heterocycles. The van der Waals surface area contributed by atoms with Crippen LogP contribution in [-0.2, 0) is 16.1 Å². The van der Waals surface area contributed by atoms with Gasteiger partial charge in [-0.3, -0.25) is 4.79 Å². The maximum absolute atomic E-state index is 13.6. The monoisotopic (exact) mass is 648 g/mol. The normalized spacial score (nSPS) is 11.9. The number of hydrogen-bond donors (Lipinski definition) is 4. The van der Waals surface area contributed by atoms with Crippen LogP contribution in [0.1, 0.15) is 49.9 Å². The minimum absolute atomic E-state index is 0.0594. The van der Waals surface area contributed by atoms with E-state index >= 15 is 0 Å². The molecule has 246 valence electrons. The molecule has 46 heavy (non-hydrogen) atoms. The summed E-state index contributed by atoms with van der Waals surface area (Å²) in [7, 11) is 0. The first-order chi connectivity index (χ1) is 21.7. The zero-order valence-corrected chi connectivity index (χ0v) is 25.1. The van der Waals surface area contributed by atoms with Gasteiger partial charge in [0.25, 0.3) is 6.43 Å². The van der Waals surface area contributed by atoms with Gasteiger partial charge in [-0.05, 0) is 79.7 Å². The Kier molecular flexibility index (Phi) is 12.1. The van der Waals surface area contributed by atoms with E-state index in [1.807, 2.05) is 45.0 Å². The topological polar surface area (TPSA) is 136 Å². The van der Waals surface area contributed by atoms with Crippen molar-refractivity contribution < 1.29 is 46.1 Å². The van der Waals surface area contributed by atoms with Crippen LogP contribution in [0, 0.1) is 0 Å². The van der Waals surface area contributed by atoms with Gasteiger partial charge in [-0.15, -0.1) is 0 Å². The molecule has 1 unspecified atom stereocenters. The van der Waals surface area contributed by atoms with E-state index in [1.165, 1.54) is 12.1 Å². The molecule has 4 aromatic rings. The number of alkyl halides is 5. The SMILES string of the molecule is CCOc1cc(C(Nc2ccc3c(N)nccc3c2)C(=O)NCc2cccc(C(F)F)c2)ccc1OC(C)C.O=C(O)C(F)(F)F. The van der Waals surface area contributed by atoms with Crippen molar-refractivity contribution in [3.8, 4) is 11.5 Å². The Morgan fingerprint density at radius 1 is 0.978 bits per heavy atom. The number of pyridine rings is 1. The molecule has 1 atom stereocenters. The number of benzene rings is 3. The number of rotatable bonds is 11. The first kappa shape index (κ1) is 35.3. The first-order valence-electron chi connectivity index (χ1n) is 14.0. The van der Waals surface area contributed by atoms with Gasteiger partial charge < -0.3 is 30.9 Å². The summed E-state index contributed by atoms with van der Waals surface area (Å²) < 4.78 is 69.7. The molecule has 0 fully saturated rings. The number of amides is 1. The Morgan fingerprint density at radius 2 is 1.70 bits per heavy atom. The fourth-order valence-corrected chi connectivity index (χ4v) is 4.21. The molecule has 14 heteroatoms. The van der Waals surface area contributed by atoms with Gasteiger partial charge in [-0.2, -0.15) is 13.2 Å². The molecule has 0 aliphatic carbocycles. The van der Waals surface area contributed by atoms with Crippen molar-refractivity contribution in [2.75, 3.05) is 17.7 Å². The molecule has 5 N–H and O–H groups in total. The molecule has 1 aromatic heterocycles. The number of carboxylic acids is 1. The second-order valence-corrected chi connectivity index (χ2v) is 10.1. The van der Waals surface area contributed by atoms with Crippen molar-refractivity contribution in [3.05, 3.63) is 89.6 Å². The molecule has 9 nitrogen and oxygen atoms in total. The number of anilines is 2. The molecule has 0 saturated carbocycles. The maximum atomic E-state index is 13.6. The summed E-state index contributed by atoms with van der Waals surface area (Å²) in [5, 5.41) is 15.0. The molecule has 0 aliphatic rings. The molecule has 0 spiro atoms. The Morgan fingerprint density at radius 3 is 2.33 bits per heavy atom. The third-order valence-corrected chi connectivity index (χ3v) is 6.24. The summed E-state index contributed by atoms with van der Waals surface area (Å²) in [5.41, 5.74) is 7.81. The summed E-state index contributed by atoms with van der Waals surface area (Å²) >= 11 is 0. The highest BCUT2D eigenvalue weighted by Crippen LogP contribution is 2.33. The molecule has 4 rings (SSSR count). The van der Waals surface area contributed by atoms with Gasteiger partial charge in [0.15, 0.2) is 11.5 Å². The number of hydrogen-bond acceptors (Lipinski definition) is 7. The number of carboxylic acid groups (broad SMARTS) is 1. The van der Waals surface area contributed by atoms with Crippen molar-refractivity contribution in [1.29, 1.82) is 0 Å². The standard InChI is InChI=1S/C30H32F2N4O3.C2HF3O2/c1-4-38-26-16-21(8-11-25(26)39-18(2)3)27(30(37)35-17-19-6-5-7-22(14-19)28(31)32)36-23-9-10-24-20(15-23)12-13-34-29(24)33;3-2(4,5)1(6)7/h5-16,18,27-28,36H,4,17H2,1-3H3,(H2,33,34)(H,35,37);(H,6,7). The lowest BCUT2D eigenvalue weighted by atomic mass is 10.0. The fourth-order valence-electron chi connectivity index (χ4n) is 4.21. The van der Waals surface area contributed by atoms with E-state index in [1.54, 1.807) is 36.5 Å². The molecule has 0 radical (unpaired) electrons.